The second-order valence-electron chi connectivity index (χ2n) is 8.44. The first-order chi connectivity index (χ1) is 16.9. The van der Waals surface area contributed by atoms with E-state index in [0.717, 1.165) is 18.8 Å². The van der Waals surface area contributed by atoms with Gasteiger partial charge in [0, 0.05) is 56.6 Å². The summed E-state index contributed by atoms with van der Waals surface area (Å²) in [6.45, 7) is 5.18. The summed E-state index contributed by atoms with van der Waals surface area (Å²) in [6.07, 6.45) is 0. The molecule has 1 aliphatic heterocycles. The first-order valence-corrected chi connectivity index (χ1v) is 13.2. The van der Waals surface area contributed by atoms with Crippen LogP contribution in [0.1, 0.15) is 22.8 Å². The van der Waals surface area contributed by atoms with Gasteiger partial charge in [-0.05, 0) is 49.4 Å². The predicted molar refractivity (Wildman–Crippen MR) is 137 cm³/mol. The molecule has 35 heavy (non-hydrogen) atoms. The first kappa shape index (κ1) is 24.8. The molecule has 7 nitrogen and oxygen atoms in total. The highest BCUT2D eigenvalue weighted by atomic mass is 32.2. The maximum absolute atomic E-state index is 13.3. The summed E-state index contributed by atoms with van der Waals surface area (Å²) in [6, 6.07) is 23.8. The molecule has 3 aromatic rings. The Kier molecular flexibility index (Phi) is 7.73. The Bertz CT molecular complexity index is 1240. The lowest BCUT2D eigenvalue weighted by Gasteiger charge is -2.36. The smallest absolute Gasteiger partial charge is 0.253 e. The Morgan fingerprint density at radius 3 is 2.17 bits per heavy atom. The van der Waals surface area contributed by atoms with Gasteiger partial charge in [0.05, 0.1) is 11.5 Å². The fraction of sp³-hybridized carbons (Fsp3) is 0.296. The van der Waals surface area contributed by atoms with Crippen molar-refractivity contribution in [3.05, 3.63) is 90.0 Å². The van der Waals surface area contributed by atoms with Crippen LogP contribution in [-0.4, -0.2) is 63.4 Å². The minimum absolute atomic E-state index is 0.0596. The summed E-state index contributed by atoms with van der Waals surface area (Å²) in [5.74, 6) is 0.517. The highest BCUT2D eigenvalue weighted by Gasteiger charge is 2.25. The molecular weight excluding hydrogens is 462 g/mol. The highest BCUT2D eigenvalue weighted by Crippen LogP contribution is 2.26. The first-order valence-electron chi connectivity index (χ1n) is 11.8. The van der Waals surface area contributed by atoms with Crippen molar-refractivity contribution in [2.75, 3.05) is 44.7 Å². The molecule has 0 saturated carbocycles. The van der Waals surface area contributed by atoms with Gasteiger partial charge in [-0.25, -0.2) is 8.42 Å². The molecule has 3 aromatic carbocycles. The number of anilines is 1. The number of para-hydroxylation sites is 1. The molecule has 0 unspecified atom stereocenters. The standard InChI is InChI=1S/C27H31N3O4S/c1-3-34-26-15-14-22(20-23(26)21-28(2)35(32,33)25-12-8-5-9-13-25)27(31)30-18-16-29(17-19-30)24-10-6-4-7-11-24/h4-15,20H,3,16-19,21H2,1-2H3. The normalized spacial score (nSPS) is 14.3. The summed E-state index contributed by atoms with van der Waals surface area (Å²) >= 11 is 0. The lowest BCUT2D eigenvalue weighted by Crippen LogP contribution is -2.48. The van der Waals surface area contributed by atoms with E-state index in [2.05, 4.69) is 17.0 Å². The topological polar surface area (TPSA) is 70.2 Å². The van der Waals surface area contributed by atoms with Crippen LogP contribution in [0.3, 0.4) is 0 Å². The number of benzene rings is 3. The lowest BCUT2D eigenvalue weighted by molar-refractivity contribution is 0.0746. The predicted octanol–water partition coefficient (Wildman–Crippen LogP) is 3.87. The van der Waals surface area contributed by atoms with Gasteiger partial charge in [0.2, 0.25) is 10.0 Å². The van der Waals surface area contributed by atoms with Crippen molar-refractivity contribution >= 4 is 21.6 Å². The van der Waals surface area contributed by atoms with E-state index in [1.165, 1.54) is 11.4 Å². The average molecular weight is 494 g/mol. The van der Waals surface area contributed by atoms with E-state index in [9.17, 15) is 13.2 Å². The molecule has 0 atom stereocenters. The van der Waals surface area contributed by atoms with Crippen molar-refractivity contribution in [1.82, 2.24) is 9.21 Å². The molecule has 1 fully saturated rings. The number of hydrogen-bond donors (Lipinski definition) is 0. The third-order valence-corrected chi connectivity index (χ3v) is 7.96. The maximum Gasteiger partial charge on any atom is 0.253 e. The van der Waals surface area contributed by atoms with Crippen molar-refractivity contribution in [3.63, 3.8) is 0 Å². The monoisotopic (exact) mass is 493 g/mol. The van der Waals surface area contributed by atoms with E-state index < -0.39 is 10.0 Å². The van der Waals surface area contributed by atoms with Gasteiger partial charge in [0.15, 0.2) is 0 Å². The van der Waals surface area contributed by atoms with E-state index in [4.69, 9.17) is 4.74 Å². The number of piperazine rings is 1. The number of carbonyl (C=O) groups excluding carboxylic acids is 1. The zero-order valence-corrected chi connectivity index (χ0v) is 20.9. The number of nitrogens with zero attached hydrogens (tertiary/aromatic N) is 3. The van der Waals surface area contributed by atoms with Crippen LogP contribution in [0.2, 0.25) is 0 Å². The molecule has 0 spiro atoms. The second-order valence-corrected chi connectivity index (χ2v) is 10.5. The van der Waals surface area contributed by atoms with Crippen molar-refractivity contribution in [1.29, 1.82) is 0 Å². The number of amides is 1. The molecule has 0 bridgehead atoms. The second kappa shape index (κ2) is 10.9. The number of carbonyl (C=O) groups is 1. The maximum atomic E-state index is 13.3. The van der Waals surface area contributed by atoms with Crippen molar-refractivity contribution in [2.45, 2.75) is 18.4 Å². The van der Waals surface area contributed by atoms with Crippen LogP contribution in [0.15, 0.2) is 83.8 Å². The van der Waals surface area contributed by atoms with Gasteiger partial charge in [0.1, 0.15) is 5.75 Å². The zero-order chi connectivity index (χ0) is 24.8. The van der Waals surface area contributed by atoms with Gasteiger partial charge in [-0.1, -0.05) is 36.4 Å². The Balaban J connectivity index is 1.50. The summed E-state index contributed by atoms with van der Waals surface area (Å²) in [7, 11) is -2.14. The van der Waals surface area contributed by atoms with Crippen molar-refractivity contribution in [3.8, 4) is 5.75 Å². The molecule has 184 valence electrons. The highest BCUT2D eigenvalue weighted by molar-refractivity contribution is 7.89. The van der Waals surface area contributed by atoms with E-state index in [1.807, 2.05) is 30.0 Å². The Labute approximate surface area is 207 Å². The van der Waals surface area contributed by atoms with E-state index in [-0.39, 0.29) is 17.3 Å². The molecule has 8 heteroatoms. The third-order valence-electron chi connectivity index (χ3n) is 6.14. The Morgan fingerprint density at radius 1 is 0.914 bits per heavy atom. The van der Waals surface area contributed by atoms with Crippen molar-refractivity contribution < 1.29 is 17.9 Å². The van der Waals surface area contributed by atoms with Crippen LogP contribution < -0.4 is 9.64 Å². The van der Waals surface area contributed by atoms with Gasteiger partial charge in [-0.15, -0.1) is 0 Å². The number of rotatable bonds is 8. The molecule has 0 radical (unpaired) electrons. The summed E-state index contributed by atoms with van der Waals surface area (Å²) in [4.78, 5) is 17.7. The third kappa shape index (κ3) is 5.66. The van der Waals surface area contributed by atoms with Gasteiger partial charge < -0.3 is 14.5 Å². The SMILES string of the molecule is CCOc1ccc(C(=O)N2CCN(c3ccccc3)CC2)cc1CN(C)S(=O)(=O)c1ccccc1. The van der Waals surface area contributed by atoms with Gasteiger partial charge >= 0.3 is 0 Å². The Morgan fingerprint density at radius 2 is 1.54 bits per heavy atom. The number of ether oxygens (including phenoxy) is 1. The Hall–Kier alpha value is -3.36. The number of hydrogen-bond acceptors (Lipinski definition) is 5. The molecule has 0 aromatic heterocycles. The summed E-state index contributed by atoms with van der Waals surface area (Å²) in [5.41, 5.74) is 2.34. The fourth-order valence-electron chi connectivity index (χ4n) is 4.22. The average Bonchev–Trinajstić information content (AvgIpc) is 2.90. The van der Waals surface area contributed by atoms with Gasteiger partial charge in [0.25, 0.3) is 5.91 Å². The molecule has 0 aliphatic carbocycles. The van der Waals surface area contributed by atoms with Crippen LogP contribution in [0.4, 0.5) is 5.69 Å². The fourth-order valence-corrected chi connectivity index (χ4v) is 5.39. The van der Waals surface area contributed by atoms with Crippen LogP contribution in [0.5, 0.6) is 5.75 Å². The molecule has 1 aliphatic rings. The van der Waals surface area contributed by atoms with Crippen molar-refractivity contribution in [2.24, 2.45) is 0 Å². The van der Waals surface area contributed by atoms with E-state index >= 15 is 0 Å². The summed E-state index contributed by atoms with van der Waals surface area (Å²) in [5, 5.41) is 0. The van der Waals surface area contributed by atoms with Crippen LogP contribution >= 0.6 is 0 Å². The minimum atomic E-state index is -3.68. The zero-order valence-electron chi connectivity index (χ0n) is 20.1. The molecule has 1 saturated heterocycles. The van der Waals surface area contributed by atoms with E-state index in [1.54, 1.807) is 48.5 Å². The summed E-state index contributed by atoms with van der Waals surface area (Å²) < 4.78 is 33.1. The van der Waals surface area contributed by atoms with Crippen LogP contribution in [0, 0.1) is 0 Å². The lowest BCUT2D eigenvalue weighted by atomic mass is 10.1. The molecule has 1 amide bonds. The molecule has 4 rings (SSSR count). The number of sulfonamides is 1. The largest absolute Gasteiger partial charge is 0.494 e. The minimum Gasteiger partial charge on any atom is -0.494 e. The molecular formula is C27H31N3O4S. The molecule has 1 heterocycles. The van der Waals surface area contributed by atoms with Gasteiger partial charge in [-0.2, -0.15) is 4.31 Å². The molecule has 0 N–H and O–H groups in total. The van der Waals surface area contributed by atoms with Gasteiger partial charge in [-0.3, -0.25) is 4.79 Å². The van der Waals surface area contributed by atoms with Crippen LogP contribution in [0.25, 0.3) is 0 Å². The van der Waals surface area contributed by atoms with E-state index in [0.29, 0.717) is 36.6 Å². The van der Waals surface area contributed by atoms with Crippen LogP contribution in [-0.2, 0) is 16.6 Å². The quantitative estimate of drug-likeness (QED) is 0.477.